The molecule has 3 aromatic carbocycles. The first-order valence-corrected chi connectivity index (χ1v) is 13.5. The number of ketones is 2. The summed E-state index contributed by atoms with van der Waals surface area (Å²) in [6.45, 7) is 7.12. The molecule has 3 aromatic rings. The van der Waals surface area contributed by atoms with Gasteiger partial charge in [0.25, 0.3) is 0 Å². The third kappa shape index (κ3) is 5.77. The number of aliphatic hydroxyl groups is 1. The van der Waals surface area contributed by atoms with Gasteiger partial charge in [-0.1, -0.05) is 61.9 Å². The second-order valence-electron chi connectivity index (χ2n) is 10.3. The molecule has 1 atom stereocenters. The summed E-state index contributed by atoms with van der Waals surface area (Å²) in [7, 11) is 0. The van der Waals surface area contributed by atoms with E-state index in [4.69, 9.17) is 4.74 Å². The molecule has 1 aliphatic carbocycles. The summed E-state index contributed by atoms with van der Waals surface area (Å²) in [5.74, 6) is 0.0926. The van der Waals surface area contributed by atoms with E-state index < -0.39 is 12.0 Å². The van der Waals surface area contributed by atoms with Gasteiger partial charge < -0.3 is 14.7 Å². The number of aliphatic hydroxyl groups excluding tert-OH is 1. The summed E-state index contributed by atoms with van der Waals surface area (Å²) in [4.78, 5) is 30.9. The van der Waals surface area contributed by atoms with Crippen LogP contribution in [0, 0.1) is 5.92 Å². The number of benzene rings is 3. The lowest BCUT2D eigenvalue weighted by atomic mass is 9.78. The number of piperazine rings is 1. The molecule has 0 spiro atoms. The smallest absolute Gasteiger partial charge is 0.174 e. The largest absolute Gasteiger partial charge is 0.491 e. The maximum absolute atomic E-state index is 13.2. The molecule has 1 aliphatic heterocycles. The third-order valence-electron chi connectivity index (χ3n) is 7.64. The molecule has 37 heavy (non-hydrogen) atoms. The van der Waals surface area contributed by atoms with E-state index in [1.807, 2.05) is 48.5 Å². The predicted molar refractivity (Wildman–Crippen MR) is 146 cm³/mol. The van der Waals surface area contributed by atoms with E-state index in [0.29, 0.717) is 30.6 Å². The van der Waals surface area contributed by atoms with Crippen LogP contribution in [0.4, 0.5) is 0 Å². The Kier molecular flexibility index (Phi) is 7.99. The first-order chi connectivity index (χ1) is 18.0. The maximum Gasteiger partial charge on any atom is 0.174 e. The van der Waals surface area contributed by atoms with Crippen LogP contribution < -0.4 is 4.74 Å². The quantitative estimate of drug-likeness (QED) is 0.420. The molecule has 1 saturated heterocycles. The summed E-state index contributed by atoms with van der Waals surface area (Å²) >= 11 is 0. The van der Waals surface area contributed by atoms with Crippen LogP contribution in [0.1, 0.15) is 46.0 Å². The van der Waals surface area contributed by atoms with Crippen molar-refractivity contribution in [2.75, 3.05) is 45.9 Å². The molecule has 0 saturated carbocycles. The van der Waals surface area contributed by atoms with Gasteiger partial charge in [-0.15, -0.1) is 0 Å². The molecule has 5 rings (SSSR count). The van der Waals surface area contributed by atoms with Crippen LogP contribution in [0.2, 0.25) is 0 Å². The SMILES string of the molecule is CCCc1ccc(OCC(O)CN2CCN(CCC3C(=O)c4cccc5cccc(c45)C3=O)CC2)cc1. The monoisotopic (exact) mass is 500 g/mol. The average Bonchev–Trinajstić information content (AvgIpc) is 2.92. The number of β-amino-alcohol motifs (C(OH)–C–C–N with tert-alkyl or cyclic N) is 1. The number of carbonyl (C=O) groups is 2. The molecule has 0 amide bonds. The van der Waals surface area contributed by atoms with Crippen molar-refractivity contribution in [2.45, 2.75) is 32.3 Å². The van der Waals surface area contributed by atoms with Crippen LogP contribution in [0.15, 0.2) is 60.7 Å². The third-order valence-corrected chi connectivity index (χ3v) is 7.64. The Morgan fingerprint density at radius 1 is 0.892 bits per heavy atom. The average molecular weight is 501 g/mol. The molecular weight excluding hydrogens is 464 g/mol. The van der Waals surface area contributed by atoms with Crippen molar-refractivity contribution in [3.63, 3.8) is 0 Å². The minimum absolute atomic E-state index is 0.0453. The number of Topliss-reactive ketones (excluding diaryl/α,β-unsaturated/α-hetero) is 2. The number of ether oxygens (including phenoxy) is 1. The lowest BCUT2D eigenvalue weighted by Gasteiger charge is -2.36. The summed E-state index contributed by atoms with van der Waals surface area (Å²) < 4.78 is 5.78. The number of aryl methyl sites for hydroxylation is 1. The van der Waals surface area contributed by atoms with Crippen molar-refractivity contribution >= 4 is 22.3 Å². The topological polar surface area (TPSA) is 70.1 Å². The van der Waals surface area contributed by atoms with Crippen molar-refractivity contribution < 1.29 is 19.4 Å². The molecule has 1 N–H and O–H groups in total. The molecule has 1 fully saturated rings. The van der Waals surface area contributed by atoms with Gasteiger partial charge in [-0.25, -0.2) is 0 Å². The molecule has 1 heterocycles. The molecule has 1 unspecified atom stereocenters. The zero-order valence-electron chi connectivity index (χ0n) is 21.6. The van der Waals surface area contributed by atoms with Crippen LogP contribution in [0.5, 0.6) is 5.75 Å². The molecular formula is C31H36N2O4. The van der Waals surface area contributed by atoms with E-state index in [9.17, 15) is 14.7 Å². The number of hydrogen-bond donors (Lipinski definition) is 1. The Balaban J connectivity index is 1.07. The highest BCUT2D eigenvalue weighted by atomic mass is 16.5. The van der Waals surface area contributed by atoms with Crippen LogP contribution in [0.25, 0.3) is 10.8 Å². The van der Waals surface area contributed by atoms with Crippen LogP contribution in [0.3, 0.4) is 0 Å². The van der Waals surface area contributed by atoms with Gasteiger partial charge in [0.2, 0.25) is 0 Å². The van der Waals surface area contributed by atoms with Gasteiger partial charge in [-0.2, -0.15) is 0 Å². The highest BCUT2D eigenvalue weighted by molar-refractivity contribution is 6.29. The normalized spacial score (nSPS) is 17.9. The van der Waals surface area contributed by atoms with Crippen LogP contribution in [-0.4, -0.2) is 78.5 Å². The van der Waals surface area contributed by atoms with Gasteiger partial charge in [-0.3, -0.25) is 14.5 Å². The number of rotatable bonds is 10. The highest BCUT2D eigenvalue weighted by Gasteiger charge is 2.35. The fraction of sp³-hybridized carbons (Fsp3) is 0.419. The number of nitrogens with zero attached hydrogens (tertiary/aromatic N) is 2. The van der Waals surface area contributed by atoms with Crippen molar-refractivity contribution in [2.24, 2.45) is 5.92 Å². The molecule has 6 nitrogen and oxygen atoms in total. The van der Waals surface area contributed by atoms with Gasteiger partial charge in [-0.05, 0) is 42.5 Å². The zero-order chi connectivity index (χ0) is 25.8. The lowest BCUT2D eigenvalue weighted by molar-refractivity contribution is 0.0445. The van der Waals surface area contributed by atoms with Gasteiger partial charge in [0.05, 0.1) is 5.92 Å². The lowest BCUT2D eigenvalue weighted by Crippen LogP contribution is -2.49. The molecule has 2 aliphatic rings. The van der Waals surface area contributed by atoms with E-state index in [1.165, 1.54) is 5.56 Å². The number of carbonyl (C=O) groups excluding carboxylic acids is 2. The van der Waals surface area contributed by atoms with E-state index in [-0.39, 0.29) is 18.2 Å². The Hall–Kier alpha value is -3.06. The predicted octanol–water partition coefficient (Wildman–Crippen LogP) is 4.24. The number of hydrogen-bond acceptors (Lipinski definition) is 6. The van der Waals surface area contributed by atoms with Crippen molar-refractivity contribution in [3.05, 3.63) is 77.4 Å². The van der Waals surface area contributed by atoms with Gasteiger partial charge in [0, 0.05) is 49.2 Å². The Labute approximate surface area is 218 Å². The summed E-state index contributed by atoms with van der Waals surface area (Å²) in [5.41, 5.74) is 2.65. The summed E-state index contributed by atoms with van der Waals surface area (Å²) in [6, 6.07) is 19.5. The molecule has 194 valence electrons. The van der Waals surface area contributed by atoms with Crippen molar-refractivity contribution in [3.8, 4) is 5.75 Å². The standard InChI is InChI=1S/C31H36N2O4/c1-2-5-22-10-12-25(13-11-22)37-21-24(34)20-33-18-16-32(17-19-33)15-14-28-30(35)26-8-3-6-23-7-4-9-27(29(23)26)31(28)36/h3-4,6-13,24,28,34H,2,5,14-21H2,1H3. The Morgan fingerprint density at radius 2 is 1.51 bits per heavy atom. The minimum atomic E-state index is -0.603. The second kappa shape index (κ2) is 11.5. The Morgan fingerprint density at radius 3 is 2.14 bits per heavy atom. The van der Waals surface area contributed by atoms with E-state index in [0.717, 1.165) is 55.5 Å². The van der Waals surface area contributed by atoms with Gasteiger partial charge >= 0.3 is 0 Å². The van der Waals surface area contributed by atoms with E-state index >= 15 is 0 Å². The first-order valence-electron chi connectivity index (χ1n) is 13.5. The van der Waals surface area contributed by atoms with E-state index in [2.05, 4.69) is 28.9 Å². The fourth-order valence-corrected chi connectivity index (χ4v) is 5.60. The van der Waals surface area contributed by atoms with Crippen molar-refractivity contribution in [1.82, 2.24) is 9.80 Å². The zero-order valence-corrected chi connectivity index (χ0v) is 21.6. The first kappa shape index (κ1) is 25.6. The van der Waals surface area contributed by atoms with Crippen LogP contribution >= 0.6 is 0 Å². The van der Waals surface area contributed by atoms with Crippen molar-refractivity contribution in [1.29, 1.82) is 0 Å². The Bertz CT molecular complexity index is 1200. The fourth-order valence-electron chi connectivity index (χ4n) is 5.60. The van der Waals surface area contributed by atoms with E-state index in [1.54, 1.807) is 0 Å². The van der Waals surface area contributed by atoms with Gasteiger partial charge in [0.15, 0.2) is 11.6 Å². The van der Waals surface area contributed by atoms with Gasteiger partial charge in [0.1, 0.15) is 18.5 Å². The maximum atomic E-state index is 13.2. The summed E-state index contributed by atoms with van der Waals surface area (Å²) in [6.07, 6.45) is 2.17. The molecule has 0 radical (unpaired) electrons. The minimum Gasteiger partial charge on any atom is -0.491 e. The summed E-state index contributed by atoms with van der Waals surface area (Å²) in [5, 5.41) is 12.2. The second-order valence-corrected chi connectivity index (χ2v) is 10.3. The molecule has 0 bridgehead atoms. The van der Waals surface area contributed by atoms with Crippen LogP contribution in [-0.2, 0) is 6.42 Å². The molecule has 0 aromatic heterocycles. The molecule has 6 heteroatoms. The highest BCUT2D eigenvalue weighted by Crippen LogP contribution is 2.33.